The van der Waals surface area contributed by atoms with Gasteiger partial charge in [0, 0.05) is 18.7 Å². The molecule has 15 heavy (non-hydrogen) atoms. The Morgan fingerprint density at radius 2 is 2.07 bits per heavy atom. The number of carboxylic acid groups (broad SMARTS) is 1. The van der Waals surface area contributed by atoms with E-state index in [1.165, 1.54) is 0 Å². The number of aliphatic carboxylic acids is 1. The first-order valence-electron chi connectivity index (χ1n) is 4.84. The van der Waals surface area contributed by atoms with E-state index in [0.717, 1.165) is 12.2 Å². The van der Waals surface area contributed by atoms with Gasteiger partial charge in [0.1, 0.15) is 0 Å². The Balaban J connectivity index is 2.60. The summed E-state index contributed by atoms with van der Waals surface area (Å²) in [6.45, 7) is 4.75. The van der Waals surface area contributed by atoms with Gasteiger partial charge in [0.25, 0.3) is 0 Å². The van der Waals surface area contributed by atoms with Crippen molar-refractivity contribution in [3.05, 3.63) is 12.2 Å². The highest BCUT2D eigenvalue weighted by Gasteiger charge is 2.25. The highest BCUT2D eigenvalue weighted by molar-refractivity contribution is 5.94. The van der Waals surface area contributed by atoms with Crippen LogP contribution in [-0.2, 0) is 14.3 Å². The van der Waals surface area contributed by atoms with Crippen LogP contribution in [0.15, 0.2) is 12.2 Å². The van der Waals surface area contributed by atoms with E-state index in [1.54, 1.807) is 4.90 Å². The summed E-state index contributed by atoms with van der Waals surface area (Å²) in [7, 11) is 0. The molecule has 1 heterocycles. The van der Waals surface area contributed by atoms with Crippen molar-refractivity contribution in [2.45, 2.75) is 26.0 Å². The zero-order chi connectivity index (χ0) is 11.4. The highest BCUT2D eigenvalue weighted by Crippen LogP contribution is 2.11. The van der Waals surface area contributed by atoms with Crippen LogP contribution in [0.2, 0.25) is 0 Å². The highest BCUT2D eigenvalue weighted by atomic mass is 16.5. The fourth-order valence-electron chi connectivity index (χ4n) is 1.45. The maximum Gasteiger partial charge on any atom is 0.328 e. The van der Waals surface area contributed by atoms with Gasteiger partial charge in [-0.15, -0.1) is 0 Å². The number of morpholine rings is 1. The van der Waals surface area contributed by atoms with Gasteiger partial charge in [0.15, 0.2) is 0 Å². The number of hydrogen-bond donors (Lipinski definition) is 1. The van der Waals surface area contributed by atoms with Crippen LogP contribution in [0.3, 0.4) is 0 Å². The van der Waals surface area contributed by atoms with E-state index in [0.29, 0.717) is 13.2 Å². The minimum atomic E-state index is -1.11. The summed E-state index contributed by atoms with van der Waals surface area (Å²) >= 11 is 0. The van der Waals surface area contributed by atoms with Gasteiger partial charge < -0.3 is 14.7 Å². The fourth-order valence-corrected chi connectivity index (χ4v) is 1.45. The smallest absolute Gasteiger partial charge is 0.328 e. The second-order valence-electron chi connectivity index (χ2n) is 3.66. The quantitative estimate of drug-likeness (QED) is 0.668. The topological polar surface area (TPSA) is 66.8 Å². The summed E-state index contributed by atoms with van der Waals surface area (Å²) in [5.74, 6) is -1.39. The minimum Gasteiger partial charge on any atom is -0.478 e. The molecule has 0 spiro atoms. The van der Waals surface area contributed by atoms with Crippen LogP contribution >= 0.6 is 0 Å². The van der Waals surface area contributed by atoms with Crippen molar-refractivity contribution in [1.29, 1.82) is 0 Å². The second kappa shape index (κ2) is 4.93. The number of carboxylic acids is 1. The van der Waals surface area contributed by atoms with Crippen molar-refractivity contribution >= 4 is 11.9 Å². The van der Waals surface area contributed by atoms with E-state index in [4.69, 9.17) is 9.84 Å². The molecule has 0 aromatic rings. The van der Waals surface area contributed by atoms with E-state index in [9.17, 15) is 9.59 Å². The molecule has 5 heteroatoms. The van der Waals surface area contributed by atoms with E-state index in [-0.39, 0.29) is 18.1 Å². The van der Waals surface area contributed by atoms with Gasteiger partial charge in [0.2, 0.25) is 5.91 Å². The van der Waals surface area contributed by atoms with Crippen LogP contribution in [-0.4, -0.2) is 47.2 Å². The van der Waals surface area contributed by atoms with Crippen molar-refractivity contribution in [2.75, 3.05) is 13.2 Å². The summed E-state index contributed by atoms with van der Waals surface area (Å²) < 4.78 is 5.36. The molecule has 1 saturated heterocycles. The summed E-state index contributed by atoms with van der Waals surface area (Å²) in [4.78, 5) is 23.4. The molecule has 0 saturated carbocycles. The molecule has 2 unspecified atom stereocenters. The Kier molecular flexibility index (Phi) is 3.85. The maximum atomic E-state index is 11.6. The molecule has 2 atom stereocenters. The van der Waals surface area contributed by atoms with E-state index >= 15 is 0 Å². The molecule has 1 fully saturated rings. The van der Waals surface area contributed by atoms with E-state index in [2.05, 4.69) is 0 Å². The van der Waals surface area contributed by atoms with E-state index in [1.807, 2.05) is 13.8 Å². The molecule has 0 aromatic heterocycles. The molecule has 0 bridgehead atoms. The van der Waals surface area contributed by atoms with Gasteiger partial charge in [-0.2, -0.15) is 0 Å². The third-order valence-corrected chi connectivity index (χ3v) is 2.26. The van der Waals surface area contributed by atoms with Crippen LogP contribution in [0.25, 0.3) is 0 Å². The normalized spacial score (nSPS) is 26.9. The monoisotopic (exact) mass is 213 g/mol. The lowest BCUT2D eigenvalue weighted by molar-refractivity contribution is -0.138. The number of carbonyl (C=O) groups is 2. The first-order valence-corrected chi connectivity index (χ1v) is 4.84. The van der Waals surface area contributed by atoms with Crippen LogP contribution < -0.4 is 0 Å². The molecule has 5 nitrogen and oxygen atoms in total. The molecule has 1 aliphatic heterocycles. The van der Waals surface area contributed by atoms with Gasteiger partial charge in [-0.1, -0.05) is 0 Å². The molecule has 1 rings (SSSR count). The van der Waals surface area contributed by atoms with Crippen molar-refractivity contribution in [2.24, 2.45) is 0 Å². The average molecular weight is 213 g/mol. The number of hydrogen-bond acceptors (Lipinski definition) is 3. The maximum absolute atomic E-state index is 11.6. The average Bonchev–Trinajstić information content (AvgIpc) is 2.18. The number of ether oxygens (including phenoxy) is 1. The Morgan fingerprint density at radius 1 is 1.40 bits per heavy atom. The zero-order valence-corrected chi connectivity index (χ0v) is 8.84. The van der Waals surface area contributed by atoms with Gasteiger partial charge in [-0.05, 0) is 13.8 Å². The third kappa shape index (κ3) is 3.36. The van der Waals surface area contributed by atoms with Gasteiger partial charge >= 0.3 is 5.97 Å². The first-order chi connectivity index (χ1) is 7.00. The van der Waals surface area contributed by atoms with Crippen molar-refractivity contribution < 1.29 is 19.4 Å². The lowest BCUT2D eigenvalue weighted by Crippen LogP contribution is -2.49. The predicted octanol–water partition coefficient (Wildman–Crippen LogP) is 0.263. The molecule has 1 aliphatic rings. The molecule has 0 aliphatic carbocycles. The Bertz CT molecular complexity index is 287. The Hall–Kier alpha value is -1.36. The van der Waals surface area contributed by atoms with Gasteiger partial charge in [-0.3, -0.25) is 4.79 Å². The van der Waals surface area contributed by atoms with Crippen LogP contribution in [0.1, 0.15) is 13.8 Å². The first kappa shape index (κ1) is 11.7. The number of nitrogens with zero attached hydrogens (tertiary/aromatic N) is 1. The molecule has 0 radical (unpaired) electrons. The van der Waals surface area contributed by atoms with Crippen molar-refractivity contribution in [3.8, 4) is 0 Å². The largest absolute Gasteiger partial charge is 0.478 e. The molecular weight excluding hydrogens is 198 g/mol. The van der Waals surface area contributed by atoms with Gasteiger partial charge in [0.05, 0.1) is 18.8 Å². The van der Waals surface area contributed by atoms with Crippen molar-refractivity contribution in [1.82, 2.24) is 4.90 Å². The summed E-state index contributed by atoms with van der Waals surface area (Å²) in [6.07, 6.45) is 1.94. The predicted molar refractivity (Wildman–Crippen MR) is 53.4 cm³/mol. The van der Waals surface area contributed by atoms with Crippen LogP contribution in [0.5, 0.6) is 0 Å². The standard InChI is InChI=1S/C10H15NO4/c1-7-6-15-8(2)5-11(7)9(12)3-4-10(13)14/h3-4,7-8H,5-6H2,1-2H3,(H,13,14)/b4-3-. The Labute approximate surface area is 88.3 Å². The van der Waals surface area contributed by atoms with Crippen molar-refractivity contribution in [3.63, 3.8) is 0 Å². The molecule has 1 N–H and O–H groups in total. The summed E-state index contributed by atoms with van der Waals surface area (Å²) in [6, 6.07) is -0.00727. The third-order valence-electron chi connectivity index (χ3n) is 2.26. The van der Waals surface area contributed by atoms with Gasteiger partial charge in [-0.25, -0.2) is 4.79 Å². The number of carbonyl (C=O) groups excluding carboxylic acids is 1. The SMILES string of the molecule is CC1CN(C(=O)/C=C\C(=O)O)C(C)CO1. The number of amides is 1. The summed E-state index contributed by atoms with van der Waals surface area (Å²) in [5.41, 5.74) is 0. The lowest BCUT2D eigenvalue weighted by atomic mass is 10.2. The van der Waals surface area contributed by atoms with E-state index < -0.39 is 5.97 Å². The zero-order valence-electron chi connectivity index (χ0n) is 8.84. The fraction of sp³-hybridized carbons (Fsp3) is 0.600. The van der Waals surface area contributed by atoms with Crippen LogP contribution in [0, 0.1) is 0 Å². The summed E-state index contributed by atoms with van der Waals surface area (Å²) in [5, 5.41) is 8.40. The molecule has 0 aromatic carbocycles. The molecule has 1 amide bonds. The second-order valence-corrected chi connectivity index (χ2v) is 3.66. The minimum absolute atomic E-state index is 0.00313. The molecule has 84 valence electrons. The molecular formula is C10H15NO4. The Morgan fingerprint density at radius 3 is 2.67 bits per heavy atom. The van der Waals surface area contributed by atoms with Crippen LogP contribution in [0.4, 0.5) is 0 Å². The lowest BCUT2D eigenvalue weighted by Gasteiger charge is -2.36. The number of rotatable bonds is 2.